The Morgan fingerprint density at radius 2 is 1.82 bits per heavy atom. The fourth-order valence-corrected chi connectivity index (χ4v) is 4.83. The summed E-state index contributed by atoms with van der Waals surface area (Å²) in [6.07, 6.45) is 0.353. The number of nitrogens with one attached hydrogen (secondary N) is 2. The maximum Gasteiger partial charge on any atom is 0.305 e. The number of hydrogen-bond acceptors (Lipinski definition) is 5. The largest absolute Gasteiger partial charge is 0.481 e. The summed E-state index contributed by atoms with van der Waals surface area (Å²) < 4.78 is 40.2. The van der Waals surface area contributed by atoms with Crippen molar-refractivity contribution in [3.63, 3.8) is 0 Å². The van der Waals surface area contributed by atoms with Crippen molar-refractivity contribution in [3.8, 4) is 5.82 Å². The van der Waals surface area contributed by atoms with Crippen LogP contribution in [-0.4, -0.2) is 44.5 Å². The predicted molar refractivity (Wildman–Crippen MR) is 135 cm³/mol. The number of hydrogen-bond donors (Lipinski definition) is 3. The fourth-order valence-electron chi connectivity index (χ4n) is 4.83. The summed E-state index contributed by atoms with van der Waals surface area (Å²) in [5.41, 5.74) is 2.07. The molecule has 1 aliphatic rings. The Bertz CT molecular complexity index is 1250. The fraction of sp³-hybridized carbons (Fsp3) is 0.407. The molecule has 3 N–H and O–H groups in total. The first kappa shape index (κ1) is 27.2. The minimum absolute atomic E-state index is 0.0435. The highest BCUT2D eigenvalue weighted by Gasteiger charge is 2.41. The van der Waals surface area contributed by atoms with Crippen molar-refractivity contribution in [1.29, 1.82) is 0 Å². The Morgan fingerprint density at radius 1 is 1.11 bits per heavy atom. The van der Waals surface area contributed by atoms with Gasteiger partial charge in [-0.15, -0.1) is 0 Å². The van der Waals surface area contributed by atoms with Gasteiger partial charge in [0.1, 0.15) is 12.1 Å². The molecule has 11 heteroatoms. The Balaban J connectivity index is 1.47. The maximum absolute atomic E-state index is 13.6. The van der Waals surface area contributed by atoms with Crippen LogP contribution in [-0.2, 0) is 4.79 Å². The smallest absolute Gasteiger partial charge is 0.305 e. The molecule has 38 heavy (non-hydrogen) atoms. The van der Waals surface area contributed by atoms with Crippen molar-refractivity contribution < 1.29 is 27.9 Å². The van der Waals surface area contributed by atoms with Crippen LogP contribution in [0.2, 0.25) is 0 Å². The molecule has 1 saturated carbocycles. The lowest BCUT2D eigenvalue weighted by atomic mass is 9.61. The highest BCUT2D eigenvalue weighted by molar-refractivity contribution is 5.94. The molecule has 1 amide bonds. The first-order valence-corrected chi connectivity index (χ1v) is 12.3. The molecule has 2 aromatic heterocycles. The number of aliphatic carboxylic acids is 1. The number of carbonyl (C=O) groups excluding carboxylic acids is 1. The van der Waals surface area contributed by atoms with Gasteiger partial charge in [0.25, 0.3) is 12.3 Å². The third-order valence-electron chi connectivity index (χ3n) is 6.70. The maximum atomic E-state index is 13.6. The van der Waals surface area contributed by atoms with Crippen LogP contribution >= 0.6 is 0 Å². The molecular weight excluding hydrogens is 499 g/mol. The standard InChI is InChI=1S/C27H30F3N5O3/c1-27(2)11-18(12-27)24(16-3-5-17(6-4-16)26(38)31-10-9-22(36)37)34-19-7-8-21(32-13-19)35-14-20(33-15-35)23(28)25(29)30/h3-8,13-15,18,23-25,34H,9-12H2,1-2H3,(H,31,38)(H,36,37). The number of benzene rings is 1. The second-order valence-electron chi connectivity index (χ2n) is 10.3. The molecule has 1 aromatic carbocycles. The number of carboxylic acid groups (broad SMARTS) is 1. The van der Waals surface area contributed by atoms with E-state index in [0.717, 1.165) is 24.1 Å². The zero-order valence-corrected chi connectivity index (χ0v) is 21.1. The number of carboxylic acids is 1. The van der Waals surface area contributed by atoms with E-state index in [9.17, 15) is 22.8 Å². The molecule has 4 rings (SSSR count). The van der Waals surface area contributed by atoms with E-state index in [1.165, 1.54) is 17.1 Å². The van der Waals surface area contributed by atoms with Crippen LogP contribution in [0, 0.1) is 11.3 Å². The predicted octanol–water partition coefficient (Wildman–Crippen LogP) is 5.34. The number of halogens is 3. The zero-order chi connectivity index (χ0) is 27.4. The number of amides is 1. The molecule has 2 heterocycles. The first-order chi connectivity index (χ1) is 18.0. The lowest BCUT2D eigenvalue weighted by Gasteiger charge is -2.47. The molecule has 202 valence electrons. The molecule has 1 fully saturated rings. The quantitative estimate of drug-likeness (QED) is 0.310. The Morgan fingerprint density at radius 3 is 2.39 bits per heavy atom. The van der Waals surface area contributed by atoms with E-state index in [2.05, 4.69) is 34.4 Å². The van der Waals surface area contributed by atoms with Crippen LogP contribution in [0.15, 0.2) is 55.1 Å². The summed E-state index contributed by atoms with van der Waals surface area (Å²) >= 11 is 0. The molecule has 3 aromatic rings. The number of carbonyl (C=O) groups is 2. The lowest BCUT2D eigenvalue weighted by Crippen LogP contribution is -2.38. The molecular formula is C27H30F3N5O3. The molecule has 1 aliphatic carbocycles. The molecule has 2 unspecified atom stereocenters. The van der Waals surface area contributed by atoms with Gasteiger partial charge in [0.15, 0.2) is 0 Å². The molecule has 0 radical (unpaired) electrons. The van der Waals surface area contributed by atoms with Crippen molar-refractivity contribution in [2.45, 2.75) is 51.7 Å². The van der Waals surface area contributed by atoms with Crippen LogP contribution in [0.25, 0.3) is 5.82 Å². The summed E-state index contributed by atoms with van der Waals surface area (Å²) in [4.78, 5) is 31.1. The first-order valence-electron chi connectivity index (χ1n) is 12.3. The third-order valence-corrected chi connectivity index (χ3v) is 6.70. The SMILES string of the molecule is CC1(C)CC(C(Nc2ccc(-n3cnc(C(F)C(F)F)c3)nc2)c2ccc(C(=O)NCCC(=O)O)cc2)C1. The highest BCUT2D eigenvalue weighted by Crippen LogP contribution is 2.51. The summed E-state index contributed by atoms with van der Waals surface area (Å²) in [6.45, 7) is 4.49. The van der Waals surface area contributed by atoms with Gasteiger partial charge in [0.05, 0.1) is 30.0 Å². The lowest BCUT2D eigenvalue weighted by molar-refractivity contribution is -0.136. The molecule has 0 aliphatic heterocycles. The van der Waals surface area contributed by atoms with Gasteiger partial charge in [-0.1, -0.05) is 26.0 Å². The van der Waals surface area contributed by atoms with Crippen LogP contribution in [0.5, 0.6) is 0 Å². The Hall–Kier alpha value is -3.89. The monoisotopic (exact) mass is 529 g/mol. The third kappa shape index (κ3) is 6.51. The van der Waals surface area contributed by atoms with Crippen LogP contribution in [0.1, 0.15) is 66.9 Å². The summed E-state index contributed by atoms with van der Waals surface area (Å²) in [7, 11) is 0. The average Bonchev–Trinajstić information content (AvgIpc) is 3.36. The topological polar surface area (TPSA) is 109 Å². The van der Waals surface area contributed by atoms with Gasteiger partial charge in [-0.25, -0.2) is 23.1 Å². The number of imidazole rings is 1. The minimum Gasteiger partial charge on any atom is -0.481 e. The highest BCUT2D eigenvalue weighted by atomic mass is 19.3. The van der Waals surface area contributed by atoms with Crippen molar-refractivity contribution >= 4 is 17.6 Å². The van der Waals surface area contributed by atoms with E-state index in [1.54, 1.807) is 24.4 Å². The van der Waals surface area contributed by atoms with Crippen molar-refractivity contribution in [3.05, 3.63) is 71.9 Å². The zero-order valence-electron chi connectivity index (χ0n) is 21.1. The van der Waals surface area contributed by atoms with Crippen molar-refractivity contribution in [1.82, 2.24) is 19.9 Å². The van der Waals surface area contributed by atoms with Crippen LogP contribution in [0.4, 0.5) is 18.9 Å². The van der Waals surface area contributed by atoms with E-state index >= 15 is 0 Å². The summed E-state index contributed by atoms with van der Waals surface area (Å²) in [6, 6.07) is 10.7. The van der Waals surface area contributed by atoms with Gasteiger partial charge in [0, 0.05) is 18.3 Å². The molecule has 0 bridgehead atoms. The van der Waals surface area contributed by atoms with Gasteiger partial charge in [-0.05, 0) is 54.0 Å². The number of alkyl halides is 3. The Labute approximate surface area is 218 Å². The van der Waals surface area contributed by atoms with Gasteiger partial charge >= 0.3 is 5.97 Å². The normalized spacial score (nSPS) is 16.5. The van der Waals surface area contributed by atoms with E-state index in [4.69, 9.17) is 5.11 Å². The van der Waals surface area contributed by atoms with Crippen molar-refractivity contribution in [2.24, 2.45) is 11.3 Å². The Kier molecular flexibility index (Phi) is 8.03. The van der Waals surface area contributed by atoms with Gasteiger partial charge in [-0.3, -0.25) is 14.2 Å². The summed E-state index contributed by atoms with van der Waals surface area (Å²) in [5, 5.41) is 14.9. The number of rotatable bonds is 11. The molecule has 0 saturated heterocycles. The van der Waals surface area contributed by atoms with E-state index in [-0.39, 0.29) is 36.0 Å². The van der Waals surface area contributed by atoms with E-state index in [0.29, 0.717) is 17.3 Å². The summed E-state index contributed by atoms with van der Waals surface area (Å²) in [5.74, 6) is -0.542. The number of pyridine rings is 1. The average molecular weight is 530 g/mol. The van der Waals surface area contributed by atoms with Gasteiger partial charge < -0.3 is 15.7 Å². The van der Waals surface area contributed by atoms with Gasteiger partial charge in [-0.2, -0.15) is 0 Å². The number of nitrogens with zero attached hydrogens (tertiary/aromatic N) is 3. The van der Waals surface area contributed by atoms with Crippen LogP contribution < -0.4 is 10.6 Å². The van der Waals surface area contributed by atoms with E-state index in [1.807, 2.05) is 18.2 Å². The van der Waals surface area contributed by atoms with E-state index < -0.39 is 18.6 Å². The number of anilines is 1. The number of aromatic nitrogens is 3. The molecule has 2 atom stereocenters. The van der Waals surface area contributed by atoms with Gasteiger partial charge in [0.2, 0.25) is 6.17 Å². The van der Waals surface area contributed by atoms with Crippen molar-refractivity contribution in [2.75, 3.05) is 11.9 Å². The minimum atomic E-state index is -3.15. The van der Waals surface area contributed by atoms with Crippen LogP contribution in [0.3, 0.4) is 0 Å². The molecule has 0 spiro atoms. The second kappa shape index (κ2) is 11.2. The molecule has 8 nitrogen and oxygen atoms in total. The second-order valence-corrected chi connectivity index (χ2v) is 10.3.